The molecular formula is C21H27N3O5S2. The Morgan fingerprint density at radius 2 is 1.65 bits per heavy atom. The number of benzene rings is 1. The van der Waals surface area contributed by atoms with Gasteiger partial charge in [-0.1, -0.05) is 0 Å². The van der Waals surface area contributed by atoms with Crippen LogP contribution < -0.4 is 10.2 Å². The predicted molar refractivity (Wildman–Crippen MR) is 121 cm³/mol. The molecule has 4 rings (SSSR count). The van der Waals surface area contributed by atoms with Gasteiger partial charge in [0.15, 0.2) is 0 Å². The number of carbonyl (C=O) groups excluding carboxylic acids is 1. The van der Waals surface area contributed by atoms with Crippen molar-refractivity contribution in [2.75, 3.05) is 62.8 Å². The number of amides is 1. The quantitative estimate of drug-likeness (QED) is 0.730. The third kappa shape index (κ3) is 4.78. The minimum atomic E-state index is -3.68. The molecule has 2 fully saturated rings. The van der Waals surface area contributed by atoms with Gasteiger partial charge in [0, 0.05) is 35.9 Å². The summed E-state index contributed by atoms with van der Waals surface area (Å²) in [5.74, 6) is -0.239. The van der Waals surface area contributed by atoms with Crippen LogP contribution in [0.4, 0.5) is 11.4 Å². The molecule has 168 valence electrons. The van der Waals surface area contributed by atoms with Crippen molar-refractivity contribution in [2.45, 2.75) is 18.7 Å². The molecule has 2 aliphatic rings. The van der Waals surface area contributed by atoms with E-state index >= 15 is 0 Å². The Kier molecular flexibility index (Phi) is 6.63. The fraction of sp³-hybridized carbons (Fsp3) is 0.476. The molecule has 0 spiro atoms. The maximum atomic E-state index is 13.2. The van der Waals surface area contributed by atoms with Gasteiger partial charge < -0.3 is 19.7 Å². The topological polar surface area (TPSA) is 88.2 Å². The molecule has 1 aromatic carbocycles. The number of carbonyl (C=O) groups is 1. The molecule has 0 bridgehead atoms. The Bertz CT molecular complexity index is 1050. The molecule has 0 aliphatic carbocycles. The lowest BCUT2D eigenvalue weighted by Crippen LogP contribution is -2.40. The van der Waals surface area contributed by atoms with Crippen LogP contribution in [0.25, 0.3) is 0 Å². The molecule has 0 unspecified atom stereocenters. The third-order valence-electron chi connectivity index (χ3n) is 5.46. The molecule has 31 heavy (non-hydrogen) atoms. The van der Waals surface area contributed by atoms with E-state index in [1.165, 1.54) is 4.31 Å². The number of ether oxygens (including phenoxy) is 2. The molecular weight excluding hydrogens is 438 g/mol. The van der Waals surface area contributed by atoms with E-state index in [1.54, 1.807) is 29.5 Å². The summed E-state index contributed by atoms with van der Waals surface area (Å²) < 4.78 is 38.5. The van der Waals surface area contributed by atoms with Crippen molar-refractivity contribution in [3.8, 4) is 0 Å². The van der Waals surface area contributed by atoms with Crippen LogP contribution in [0.2, 0.25) is 0 Å². The summed E-state index contributed by atoms with van der Waals surface area (Å²) in [5, 5.41) is 2.97. The second-order valence-electron chi connectivity index (χ2n) is 7.58. The fourth-order valence-corrected chi connectivity index (χ4v) is 6.19. The molecule has 1 amide bonds. The lowest BCUT2D eigenvalue weighted by atomic mass is 10.2. The van der Waals surface area contributed by atoms with E-state index in [0.717, 1.165) is 15.4 Å². The zero-order valence-corrected chi connectivity index (χ0v) is 19.4. The van der Waals surface area contributed by atoms with Gasteiger partial charge >= 0.3 is 0 Å². The number of thiophene rings is 1. The lowest BCUT2D eigenvalue weighted by Gasteiger charge is -2.31. The number of anilines is 2. The van der Waals surface area contributed by atoms with Crippen LogP contribution in [0.5, 0.6) is 0 Å². The van der Waals surface area contributed by atoms with E-state index in [1.807, 2.05) is 19.9 Å². The summed E-state index contributed by atoms with van der Waals surface area (Å²) in [5.41, 5.74) is 1.89. The first-order chi connectivity index (χ1) is 14.9. The van der Waals surface area contributed by atoms with Gasteiger partial charge in [-0.2, -0.15) is 4.31 Å². The Balaban J connectivity index is 1.69. The molecule has 1 aromatic heterocycles. The van der Waals surface area contributed by atoms with E-state index in [2.05, 4.69) is 10.2 Å². The third-order valence-corrected chi connectivity index (χ3v) is 8.32. The maximum absolute atomic E-state index is 13.2. The second kappa shape index (κ2) is 9.25. The Morgan fingerprint density at radius 1 is 1.00 bits per heavy atom. The molecule has 2 saturated heterocycles. The molecule has 0 radical (unpaired) electrons. The first-order valence-corrected chi connectivity index (χ1v) is 12.5. The lowest BCUT2D eigenvalue weighted by molar-refractivity contribution is 0.0730. The molecule has 10 heteroatoms. The molecule has 3 heterocycles. The SMILES string of the molecule is Cc1cc(C(=O)Nc2cc(S(=O)(=O)N3CCOCC3)ccc2N2CCOCC2)c(C)s1. The molecule has 0 atom stereocenters. The van der Waals surface area contributed by atoms with Crippen LogP contribution in [-0.2, 0) is 19.5 Å². The van der Waals surface area contributed by atoms with Crippen molar-refractivity contribution in [3.05, 3.63) is 39.6 Å². The van der Waals surface area contributed by atoms with Gasteiger partial charge in [0.05, 0.1) is 48.3 Å². The van der Waals surface area contributed by atoms with Crippen molar-refractivity contribution in [3.63, 3.8) is 0 Å². The maximum Gasteiger partial charge on any atom is 0.256 e. The highest BCUT2D eigenvalue weighted by Crippen LogP contribution is 2.32. The van der Waals surface area contributed by atoms with Gasteiger partial charge in [-0.3, -0.25) is 4.79 Å². The number of sulfonamides is 1. The van der Waals surface area contributed by atoms with Crippen molar-refractivity contribution < 1.29 is 22.7 Å². The summed E-state index contributed by atoms with van der Waals surface area (Å²) in [7, 11) is -3.68. The summed E-state index contributed by atoms with van der Waals surface area (Å²) in [6.45, 7) is 7.80. The highest BCUT2D eigenvalue weighted by atomic mass is 32.2. The van der Waals surface area contributed by atoms with Crippen molar-refractivity contribution >= 4 is 38.6 Å². The van der Waals surface area contributed by atoms with Crippen molar-refractivity contribution in [1.82, 2.24) is 4.31 Å². The van der Waals surface area contributed by atoms with E-state index in [4.69, 9.17) is 9.47 Å². The van der Waals surface area contributed by atoms with Crippen LogP contribution in [0.3, 0.4) is 0 Å². The highest BCUT2D eigenvalue weighted by molar-refractivity contribution is 7.89. The van der Waals surface area contributed by atoms with Crippen LogP contribution in [-0.4, -0.2) is 71.2 Å². The Morgan fingerprint density at radius 3 is 2.26 bits per heavy atom. The number of nitrogens with zero attached hydrogens (tertiary/aromatic N) is 2. The summed E-state index contributed by atoms with van der Waals surface area (Å²) in [6, 6.07) is 6.82. The first-order valence-electron chi connectivity index (χ1n) is 10.3. The number of morpholine rings is 2. The normalized spacial score (nSPS) is 18.2. The number of rotatable bonds is 5. The summed E-state index contributed by atoms with van der Waals surface area (Å²) in [4.78, 5) is 17.3. The Hall–Kier alpha value is -1.98. The summed E-state index contributed by atoms with van der Waals surface area (Å²) in [6.07, 6.45) is 0. The van der Waals surface area contributed by atoms with E-state index in [0.29, 0.717) is 63.9 Å². The molecule has 8 nitrogen and oxygen atoms in total. The number of aryl methyl sites for hydroxylation is 2. The van der Waals surface area contributed by atoms with Crippen LogP contribution in [0.1, 0.15) is 20.1 Å². The zero-order chi connectivity index (χ0) is 22.0. The van der Waals surface area contributed by atoms with E-state index in [9.17, 15) is 13.2 Å². The molecule has 1 N–H and O–H groups in total. The first kappa shape index (κ1) is 22.2. The van der Waals surface area contributed by atoms with Crippen LogP contribution in [0, 0.1) is 13.8 Å². The molecule has 2 aromatic rings. The summed E-state index contributed by atoms with van der Waals surface area (Å²) >= 11 is 1.56. The molecule has 2 aliphatic heterocycles. The number of hydrogen-bond donors (Lipinski definition) is 1. The van der Waals surface area contributed by atoms with E-state index in [-0.39, 0.29) is 10.8 Å². The van der Waals surface area contributed by atoms with Gasteiger partial charge in [0.25, 0.3) is 5.91 Å². The number of nitrogens with one attached hydrogen (secondary N) is 1. The minimum absolute atomic E-state index is 0.167. The van der Waals surface area contributed by atoms with E-state index < -0.39 is 10.0 Å². The average Bonchev–Trinajstić information content (AvgIpc) is 3.13. The number of hydrogen-bond acceptors (Lipinski definition) is 7. The predicted octanol–water partition coefficient (Wildman–Crippen LogP) is 2.47. The minimum Gasteiger partial charge on any atom is -0.379 e. The Labute approximate surface area is 186 Å². The fourth-order valence-electron chi connectivity index (χ4n) is 3.84. The second-order valence-corrected chi connectivity index (χ2v) is 11.0. The average molecular weight is 466 g/mol. The van der Waals surface area contributed by atoms with Crippen molar-refractivity contribution in [1.29, 1.82) is 0 Å². The molecule has 0 saturated carbocycles. The van der Waals surface area contributed by atoms with Gasteiger partial charge in [0.2, 0.25) is 10.0 Å². The monoisotopic (exact) mass is 465 g/mol. The van der Waals surface area contributed by atoms with Crippen LogP contribution in [0.15, 0.2) is 29.2 Å². The van der Waals surface area contributed by atoms with Gasteiger partial charge in [-0.05, 0) is 38.1 Å². The van der Waals surface area contributed by atoms with Gasteiger partial charge in [0.1, 0.15) is 0 Å². The smallest absolute Gasteiger partial charge is 0.256 e. The zero-order valence-electron chi connectivity index (χ0n) is 17.7. The van der Waals surface area contributed by atoms with Crippen LogP contribution >= 0.6 is 11.3 Å². The van der Waals surface area contributed by atoms with Crippen molar-refractivity contribution in [2.24, 2.45) is 0 Å². The van der Waals surface area contributed by atoms with Gasteiger partial charge in [-0.25, -0.2) is 8.42 Å². The standard InChI is InChI=1S/C21H27N3O5S2/c1-15-13-18(16(2)30-15)21(25)22-19-14-17(31(26,27)24-7-11-29-12-8-24)3-4-20(19)23-5-9-28-10-6-23/h3-4,13-14H,5-12H2,1-2H3,(H,22,25). The largest absolute Gasteiger partial charge is 0.379 e. The highest BCUT2D eigenvalue weighted by Gasteiger charge is 2.28. The van der Waals surface area contributed by atoms with Gasteiger partial charge in [-0.15, -0.1) is 11.3 Å².